The Balaban J connectivity index is 1.76. The first-order chi connectivity index (χ1) is 14.6. The fraction of sp³-hybridized carbons (Fsp3) is 0.423. The van der Waals surface area contributed by atoms with Crippen LogP contribution in [0.1, 0.15) is 63.9 Å². The number of rotatable bonds is 6. The largest absolute Gasteiger partial charge is 0.466 e. The number of hydrogen-bond acceptors (Lipinski definition) is 4. The van der Waals surface area contributed by atoms with E-state index in [9.17, 15) is 14.4 Å². The Morgan fingerprint density at radius 2 is 1.93 bits per heavy atom. The standard InChI is InChI=1S/C26H28O4/c1-2-30-24(28)18-21-16-22(17-23(27)15-14-19-10-6-5-7-11-19)26(29)25(21)20-12-8-3-4-9-13-20/h5-7,10-12,22H,2-4,8-9,13,16-18H2,1H3. The van der Waals surface area contributed by atoms with E-state index in [2.05, 4.69) is 17.9 Å². The molecular formula is C26H28O4. The lowest BCUT2D eigenvalue weighted by molar-refractivity contribution is -0.142. The maximum Gasteiger partial charge on any atom is 0.309 e. The molecule has 0 amide bonds. The second-order valence-corrected chi connectivity index (χ2v) is 7.80. The van der Waals surface area contributed by atoms with E-state index in [0.717, 1.165) is 48.8 Å². The molecule has 0 spiro atoms. The molecule has 0 saturated carbocycles. The first kappa shape index (κ1) is 21.8. The molecule has 0 N–H and O–H groups in total. The molecule has 0 radical (unpaired) electrons. The van der Waals surface area contributed by atoms with Gasteiger partial charge >= 0.3 is 5.97 Å². The van der Waals surface area contributed by atoms with Crippen LogP contribution >= 0.6 is 0 Å². The van der Waals surface area contributed by atoms with Gasteiger partial charge in [-0.05, 0) is 68.2 Å². The number of allylic oxidation sites excluding steroid dienone is 3. The summed E-state index contributed by atoms with van der Waals surface area (Å²) in [4.78, 5) is 37.8. The average molecular weight is 405 g/mol. The first-order valence-corrected chi connectivity index (χ1v) is 10.8. The number of benzene rings is 1. The summed E-state index contributed by atoms with van der Waals surface area (Å²) < 4.78 is 5.11. The number of esters is 1. The third-order valence-electron chi connectivity index (χ3n) is 5.54. The van der Waals surface area contributed by atoms with Gasteiger partial charge in [0.1, 0.15) is 0 Å². The number of ketones is 2. The van der Waals surface area contributed by atoms with Crippen molar-refractivity contribution in [3.05, 3.63) is 58.7 Å². The van der Waals surface area contributed by atoms with Crippen LogP contribution in [0.2, 0.25) is 0 Å². The van der Waals surface area contributed by atoms with Gasteiger partial charge in [0.15, 0.2) is 5.78 Å². The van der Waals surface area contributed by atoms with E-state index in [1.54, 1.807) is 6.92 Å². The van der Waals surface area contributed by atoms with E-state index in [4.69, 9.17) is 4.74 Å². The van der Waals surface area contributed by atoms with Gasteiger partial charge in [0.25, 0.3) is 0 Å². The predicted octanol–water partition coefficient (Wildman–Crippen LogP) is 4.73. The number of carbonyl (C=O) groups is 3. The van der Waals surface area contributed by atoms with Gasteiger partial charge in [-0.15, -0.1) is 0 Å². The van der Waals surface area contributed by atoms with Crippen molar-refractivity contribution in [2.45, 2.75) is 58.3 Å². The van der Waals surface area contributed by atoms with Gasteiger partial charge in [0.05, 0.1) is 13.0 Å². The third kappa shape index (κ3) is 5.79. The zero-order valence-corrected chi connectivity index (χ0v) is 17.5. The second kappa shape index (κ2) is 10.7. The van der Waals surface area contributed by atoms with Crippen LogP contribution in [0.25, 0.3) is 0 Å². The summed E-state index contributed by atoms with van der Waals surface area (Å²) in [6.45, 7) is 2.09. The lowest BCUT2D eigenvalue weighted by Gasteiger charge is -2.10. The van der Waals surface area contributed by atoms with E-state index in [1.165, 1.54) is 0 Å². The van der Waals surface area contributed by atoms with Crippen molar-refractivity contribution in [3.63, 3.8) is 0 Å². The van der Waals surface area contributed by atoms with E-state index in [1.807, 2.05) is 30.3 Å². The second-order valence-electron chi connectivity index (χ2n) is 7.80. The molecule has 0 fully saturated rings. The lowest BCUT2D eigenvalue weighted by Crippen LogP contribution is -2.15. The Morgan fingerprint density at radius 3 is 2.70 bits per heavy atom. The fourth-order valence-corrected chi connectivity index (χ4v) is 4.15. The highest BCUT2D eigenvalue weighted by Gasteiger charge is 2.36. The Bertz CT molecular complexity index is 925. The van der Waals surface area contributed by atoms with Crippen LogP contribution in [0, 0.1) is 17.8 Å². The summed E-state index contributed by atoms with van der Waals surface area (Å²) in [7, 11) is 0. The Hall–Kier alpha value is -2.93. The minimum absolute atomic E-state index is 0.0164. The molecule has 4 nitrogen and oxygen atoms in total. The van der Waals surface area contributed by atoms with Crippen LogP contribution in [0.5, 0.6) is 0 Å². The minimum Gasteiger partial charge on any atom is -0.466 e. The van der Waals surface area contributed by atoms with Crippen molar-refractivity contribution < 1.29 is 19.1 Å². The van der Waals surface area contributed by atoms with Crippen molar-refractivity contribution in [1.82, 2.24) is 0 Å². The van der Waals surface area contributed by atoms with Crippen molar-refractivity contribution >= 4 is 17.5 Å². The molecule has 3 rings (SSSR count). The Labute approximate surface area is 178 Å². The molecule has 30 heavy (non-hydrogen) atoms. The van der Waals surface area contributed by atoms with Crippen molar-refractivity contribution in [1.29, 1.82) is 0 Å². The fourth-order valence-electron chi connectivity index (χ4n) is 4.15. The smallest absolute Gasteiger partial charge is 0.309 e. The van der Waals surface area contributed by atoms with Crippen LogP contribution < -0.4 is 0 Å². The van der Waals surface area contributed by atoms with Gasteiger partial charge in [-0.1, -0.05) is 36.6 Å². The summed E-state index contributed by atoms with van der Waals surface area (Å²) in [6, 6.07) is 9.32. The third-order valence-corrected chi connectivity index (χ3v) is 5.54. The van der Waals surface area contributed by atoms with Crippen LogP contribution in [0.4, 0.5) is 0 Å². The lowest BCUT2D eigenvalue weighted by atomic mass is 9.93. The topological polar surface area (TPSA) is 60.4 Å². The van der Waals surface area contributed by atoms with Crippen LogP contribution in [-0.4, -0.2) is 24.1 Å². The first-order valence-electron chi connectivity index (χ1n) is 10.8. The molecule has 4 heteroatoms. The predicted molar refractivity (Wildman–Crippen MR) is 116 cm³/mol. The van der Waals surface area contributed by atoms with Gasteiger partial charge in [0.2, 0.25) is 5.78 Å². The molecule has 0 bridgehead atoms. The molecule has 2 aliphatic carbocycles. The quantitative estimate of drug-likeness (QED) is 0.508. The molecule has 1 aromatic rings. The summed E-state index contributed by atoms with van der Waals surface area (Å²) in [5.41, 5.74) is 3.32. The van der Waals surface area contributed by atoms with Crippen LogP contribution in [0.15, 0.2) is 53.1 Å². The molecule has 0 aliphatic heterocycles. The van der Waals surface area contributed by atoms with Crippen LogP contribution in [0.3, 0.4) is 0 Å². The summed E-state index contributed by atoms with van der Waals surface area (Å²) in [5.74, 6) is 4.51. The zero-order valence-electron chi connectivity index (χ0n) is 17.5. The molecule has 0 heterocycles. The van der Waals surface area contributed by atoms with Gasteiger partial charge in [-0.3, -0.25) is 14.4 Å². The molecule has 2 aliphatic rings. The molecule has 0 saturated heterocycles. The molecule has 1 unspecified atom stereocenters. The highest BCUT2D eigenvalue weighted by atomic mass is 16.5. The van der Waals surface area contributed by atoms with E-state index >= 15 is 0 Å². The molecule has 156 valence electrons. The van der Waals surface area contributed by atoms with Gasteiger partial charge in [-0.2, -0.15) is 0 Å². The molecule has 0 aromatic heterocycles. The SMILES string of the molecule is CCOC(=O)CC1=C(C2=CCCCCC2)C(=O)C(CC(=O)C#Cc2ccccc2)C1. The van der Waals surface area contributed by atoms with Gasteiger partial charge in [0, 0.05) is 23.5 Å². The Kier molecular flexibility index (Phi) is 7.79. The minimum atomic E-state index is -0.439. The summed E-state index contributed by atoms with van der Waals surface area (Å²) in [6.07, 6.45) is 7.89. The maximum atomic E-state index is 13.2. The normalized spacial score (nSPS) is 18.9. The Morgan fingerprint density at radius 1 is 1.13 bits per heavy atom. The van der Waals surface area contributed by atoms with E-state index in [0.29, 0.717) is 18.6 Å². The number of hydrogen-bond donors (Lipinski definition) is 0. The zero-order chi connectivity index (χ0) is 21.3. The summed E-state index contributed by atoms with van der Waals surface area (Å²) in [5, 5.41) is 0. The van der Waals surface area contributed by atoms with Crippen molar-refractivity contribution in [2.24, 2.45) is 5.92 Å². The van der Waals surface area contributed by atoms with Gasteiger partial charge in [-0.25, -0.2) is 0 Å². The number of carbonyl (C=O) groups excluding carboxylic acids is 3. The van der Waals surface area contributed by atoms with E-state index < -0.39 is 5.92 Å². The average Bonchev–Trinajstić information content (AvgIpc) is 2.91. The highest BCUT2D eigenvalue weighted by Crippen LogP contribution is 2.39. The van der Waals surface area contributed by atoms with Gasteiger partial charge < -0.3 is 4.74 Å². The maximum absolute atomic E-state index is 13.2. The monoisotopic (exact) mass is 404 g/mol. The molecule has 1 aromatic carbocycles. The number of Topliss-reactive ketones (excluding diaryl/α,β-unsaturated/α-hetero) is 2. The van der Waals surface area contributed by atoms with Crippen molar-refractivity contribution in [2.75, 3.05) is 6.61 Å². The molecule has 1 atom stereocenters. The summed E-state index contributed by atoms with van der Waals surface area (Å²) >= 11 is 0. The highest BCUT2D eigenvalue weighted by molar-refractivity contribution is 6.08. The molecular weight excluding hydrogens is 376 g/mol. The van der Waals surface area contributed by atoms with Crippen LogP contribution in [-0.2, 0) is 19.1 Å². The van der Waals surface area contributed by atoms with Crippen molar-refractivity contribution in [3.8, 4) is 11.8 Å². The van der Waals surface area contributed by atoms with E-state index in [-0.39, 0.29) is 30.4 Å². The number of ether oxygens (including phenoxy) is 1.